The predicted octanol–water partition coefficient (Wildman–Crippen LogP) is 1.58. The number of carbonyl (C=O) groups is 4. The molecule has 4 atom stereocenters. The molecule has 1 aliphatic carbocycles. The molecular formula is C25H47N5O4. The molecule has 0 radical (unpaired) electrons. The second-order valence-corrected chi connectivity index (χ2v) is 10.6. The summed E-state index contributed by atoms with van der Waals surface area (Å²) in [6.45, 7) is 9.73. The Morgan fingerprint density at radius 1 is 0.824 bits per heavy atom. The zero-order chi connectivity index (χ0) is 25.8. The van der Waals surface area contributed by atoms with Gasteiger partial charge in [-0.2, -0.15) is 0 Å². The van der Waals surface area contributed by atoms with Gasteiger partial charge in [-0.05, 0) is 43.6 Å². The van der Waals surface area contributed by atoms with Crippen molar-refractivity contribution >= 4 is 23.6 Å². The first-order valence-corrected chi connectivity index (χ1v) is 12.9. The van der Waals surface area contributed by atoms with Gasteiger partial charge in [-0.25, -0.2) is 0 Å². The van der Waals surface area contributed by atoms with Crippen LogP contribution in [0.5, 0.6) is 0 Å². The van der Waals surface area contributed by atoms with Crippen molar-refractivity contribution in [2.45, 2.75) is 104 Å². The monoisotopic (exact) mass is 481 g/mol. The average molecular weight is 482 g/mol. The Balaban J connectivity index is 2.97. The van der Waals surface area contributed by atoms with Gasteiger partial charge < -0.3 is 27.4 Å². The molecular weight excluding hydrogens is 434 g/mol. The highest BCUT2D eigenvalue weighted by Crippen LogP contribution is 2.27. The summed E-state index contributed by atoms with van der Waals surface area (Å²) in [5.41, 5.74) is 11.2. The van der Waals surface area contributed by atoms with Crippen LogP contribution in [0.1, 0.15) is 86.0 Å². The van der Waals surface area contributed by atoms with Gasteiger partial charge in [0.25, 0.3) is 0 Å². The lowest BCUT2D eigenvalue weighted by Crippen LogP contribution is -2.58. The van der Waals surface area contributed by atoms with Gasteiger partial charge in [0.15, 0.2) is 0 Å². The third-order valence-electron chi connectivity index (χ3n) is 6.56. The highest BCUT2D eigenvalue weighted by molar-refractivity contribution is 5.94. The van der Waals surface area contributed by atoms with Crippen LogP contribution < -0.4 is 27.4 Å². The maximum atomic E-state index is 13.2. The normalized spacial score (nSPS) is 18.1. The molecule has 1 saturated carbocycles. The van der Waals surface area contributed by atoms with Crippen LogP contribution in [0.3, 0.4) is 0 Å². The summed E-state index contributed by atoms with van der Waals surface area (Å²) in [5.74, 6) is -1.44. The Morgan fingerprint density at radius 3 is 1.88 bits per heavy atom. The summed E-state index contributed by atoms with van der Waals surface area (Å²) < 4.78 is 0. The molecule has 9 nitrogen and oxygen atoms in total. The number of carbonyl (C=O) groups excluding carboxylic acids is 4. The Labute approximate surface area is 204 Å². The van der Waals surface area contributed by atoms with E-state index in [4.69, 9.17) is 11.5 Å². The second kappa shape index (κ2) is 15.0. The number of primary amides is 1. The molecule has 34 heavy (non-hydrogen) atoms. The molecule has 1 aliphatic rings. The maximum Gasteiger partial charge on any atom is 0.243 e. The Hall–Kier alpha value is -2.16. The third-order valence-corrected chi connectivity index (χ3v) is 6.56. The van der Waals surface area contributed by atoms with Crippen LogP contribution in [0, 0.1) is 23.7 Å². The first-order chi connectivity index (χ1) is 16.0. The standard InChI is InChI=1S/C25H47N5O4/c1-15(2)13-17(5)23(32)28-19(11-12-26)24(33)29-20(14-18-9-7-6-8-10-18)25(34)30-21(16(3)4)22(27)31/h15-21H,6-14,26H2,1-5H3,(H2,27,31)(H,28,32)(H,29,33)(H,30,34)/t17-,19+,20+,21+/m1/s1. The van der Waals surface area contributed by atoms with Crippen molar-refractivity contribution < 1.29 is 19.2 Å². The van der Waals surface area contributed by atoms with Crippen LogP contribution >= 0.6 is 0 Å². The average Bonchev–Trinajstić information content (AvgIpc) is 2.76. The second-order valence-electron chi connectivity index (χ2n) is 10.6. The van der Waals surface area contributed by atoms with Crippen LogP contribution in [0.25, 0.3) is 0 Å². The number of rotatable bonds is 14. The van der Waals surface area contributed by atoms with Crippen LogP contribution in [0.2, 0.25) is 0 Å². The van der Waals surface area contributed by atoms with Crippen molar-refractivity contribution in [2.24, 2.45) is 35.1 Å². The minimum absolute atomic E-state index is 0.181. The third kappa shape index (κ3) is 10.4. The van der Waals surface area contributed by atoms with Crippen molar-refractivity contribution in [3.63, 3.8) is 0 Å². The van der Waals surface area contributed by atoms with Crippen molar-refractivity contribution in [1.82, 2.24) is 16.0 Å². The lowest BCUT2D eigenvalue weighted by molar-refractivity contribution is -0.134. The van der Waals surface area contributed by atoms with Gasteiger partial charge >= 0.3 is 0 Å². The molecule has 7 N–H and O–H groups in total. The van der Waals surface area contributed by atoms with E-state index < -0.39 is 35.8 Å². The number of nitrogens with one attached hydrogen (secondary N) is 3. The minimum Gasteiger partial charge on any atom is -0.368 e. The van der Waals surface area contributed by atoms with Gasteiger partial charge in [0.05, 0.1) is 0 Å². The smallest absolute Gasteiger partial charge is 0.243 e. The Kier molecular flexibility index (Phi) is 13.1. The lowest BCUT2D eigenvalue weighted by atomic mass is 9.84. The van der Waals surface area contributed by atoms with Crippen molar-refractivity contribution in [1.29, 1.82) is 0 Å². The predicted molar refractivity (Wildman–Crippen MR) is 133 cm³/mol. The first-order valence-electron chi connectivity index (χ1n) is 12.9. The molecule has 0 aromatic carbocycles. The molecule has 196 valence electrons. The Bertz CT molecular complexity index is 676. The highest BCUT2D eigenvalue weighted by Gasteiger charge is 2.32. The van der Waals surface area contributed by atoms with Gasteiger partial charge in [-0.3, -0.25) is 19.2 Å². The summed E-state index contributed by atoms with van der Waals surface area (Å²) in [5, 5.41) is 8.38. The molecule has 0 bridgehead atoms. The number of hydrogen-bond acceptors (Lipinski definition) is 5. The van der Waals surface area contributed by atoms with E-state index in [9.17, 15) is 19.2 Å². The van der Waals surface area contributed by atoms with Gasteiger partial charge in [0.2, 0.25) is 23.6 Å². The zero-order valence-electron chi connectivity index (χ0n) is 21.7. The molecule has 0 spiro atoms. The fourth-order valence-corrected chi connectivity index (χ4v) is 4.64. The van der Waals surface area contributed by atoms with E-state index in [1.165, 1.54) is 6.42 Å². The topological polar surface area (TPSA) is 156 Å². The molecule has 0 saturated heterocycles. The van der Waals surface area contributed by atoms with E-state index in [1.54, 1.807) is 13.8 Å². The molecule has 9 heteroatoms. The summed E-state index contributed by atoms with van der Waals surface area (Å²) in [4.78, 5) is 50.8. The molecule has 4 amide bonds. The minimum atomic E-state index is -0.828. The molecule has 1 fully saturated rings. The van der Waals surface area contributed by atoms with E-state index in [0.717, 1.165) is 25.7 Å². The fourth-order valence-electron chi connectivity index (χ4n) is 4.64. The summed E-state index contributed by atoms with van der Waals surface area (Å²) >= 11 is 0. The number of nitrogens with two attached hydrogens (primary N) is 2. The van der Waals surface area contributed by atoms with Crippen LogP contribution in [0.4, 0.5) is 0 Å². The van der Waals surface area contributed by atoms with E-state index in [0.29, 0.717) is 24.7 Å². The molecule has 0 aliphatic heterocycles. The van der Waals surface area contributed by atoms with Crippen LogP contribution in [0.15, 0.2) is 0 Å². The number of amides is 4. The first kappa shape index (κ1) is 29.9. The van der Waals surface area contributed by atoms with Gasteiger partial charge in [0, 0.05) is 5.92 Å². The molecule has 1 rings (SSSR count). The quantitative estimate of drug-likeness (QED) is 0.255. The fraction of sp³-hybridized carbons (Fsp3) is 0.840. The van der Waals surface area contributed by atoms with E-state index in [2.05, 4.69) is 16.0 Å². The Morgan fingerprint density at radius 2 is 1.38 bits per heavy atom. The van der Waals surface area contributed by atoms with Gasteiger partial charge in [-0.15, -0.1) is 0 Å². The SMILES string of the molecule is CC(C)C[C@@H](C)C(=O)N[C@@H](CCN)C(=O)N[C@@H](CC1CCCCC1)C(=O)N[C@H](C(N)=O)C(C)C. The van der Waals surface area contributed by atoms with Crippen molar-refractivity contribution in [2.75, 3.05) is 6.54 Å². The van der Waals surface area contributed by atoms with Crippen molar-refractivity contribution in [3.05, 3.63) is 0 Å². The van der Waals surface area contributed by atoms with Crippen LogP contribution in [-0.2, 0) is 19.2 Å². The zero-order valence-corrected chi connectivity index (χ0v) is 21.7. The van der Waals surface area contributed by atoms with E-state index in [-0.39, 0.29) is 30.7 Å². The van der Waals surface area contributed by atoms with Gasteiger partial charge in [-0.1, -0.05) is 66.7 Å². The summed E-state index contributed by atoms with van der Waals surface area (Å²) in [6, 6.07) is -2.47. The summed E-state index contributed by atoms with van der Waals surface area (Å²) in [6.07, 6.45) is 6.82. The van der Waals surface area contributed by atoms with Crippen LogP contribution in [-0.4, -0.2) is 48.3 Å². The molecule has 0 aromatic rings. The van der Waals surface area contributed by atoms with E-state index in [1.807, 2.05) is 20.8 Å². The maximum absolute atomic E-state index is 13.2. The molecule has 0 aromatic heterocycles. The lowest BCUT2D eigenvalue weighted by Gasteiger charge is -2.30. The van der Waals surface area contributed by atoms with Gasteiger partial charge in [0.1, 0.15) is 18.1 Å². The number of hydrogen-bond donors (Lipinski definition) is 5. The largest absolute Gasteiger partial charge is 0.368 e. The molecule has 0 heterocycles. The molecule has 0 unspecified atom stereocenters. The highest BCUT2D eigenvalue weighted by atomic mass is 16.2. The van der Waals surface area contributed by atoms with Crippen molar-refractivity contribution in [3.8, 4) is 0 Å². The summed E-state index contributed by atoms with van der Waals surface area (Å²) in [7, 11) is 0. The van der Waals surface area contributed by atoms with E-state index >= 15 is 0 Å².